The average molecular weight is 276 g/mol. The lowest BCUT2D eigenvalue weighted by atomic mass is 10.0. The monoisotopic (exact) mass is 276 g/mol. The molecule has 0 aliphatic carbocycles. The number of aromatic nitrogens is 1. The van der Waals surface area contributed by atoms with E-state index in [-0.39, 0.29) is 0 Å². The minimum atomic E-state index is -3.21. The highest BCUT2D eigenvalue weighted by Gasteiger charge is 2.10. The van der Waals surface area contributed by atoms with Crippen molar-refractivity contribution in [2.75, 3.05) is 12.0 Å². The number of anilines is 1. The van der Waals surface area contributed by atoms with Gasteiger partial charge in [0.25, 0.3) is 0 Å². The molecule has 2 aromatic rings. The van der Waals surface area contributed by atoms with Crippen LogP contribution in [0.5, 0.6) is 0 Å². The Balaban J connectivity index is 2.60. The minimum absolute atomic E-state index is 0.309. The second-order valence-electron chi connectivity index (χ2n) is 4.38. The zero-order valence-electron chi connectivity index (χ0n) is 10.9. The zero-order valence-corrected chi connectivity index (χ0v) is 11.7. The third-order valence-corrected chi connectivity index (χ3v) is 4.01. The van der Waals surface area contributed by atoms with Gasteiger partial charge in [-0.2, -0.15) is 0 Å². The molecule has 0 fully saturated rings. The summed E-state index contributed by atoms with van der Waals surface area (Å²) in [6, 6.07) is 10.5. The van der Waals surface area contributed by atoms with Crippen molar-refractivity contribution in [1.82, 2.24) is 4.98 Å². The first-order valence-electron chi connectivity index (χ1n) is 5.97. The number of sulfone groups is 1. The van der Waals surface area contributed by atoms with Gasteiger partial charge in [-0.1, -0.05) is 19.1 Å². The molecule has 0 spiro atoms. The van der Waals surface area contributed by atoms with Gasteiger partial charge < -0.3 is 5.73 Å². The van der Waals surface area contributed by atoms with Crippen LogP contribution in [0.1, 0.15) is 12.6 Å². The first-order valence-corrected chi connectivity index (χ1v) is 7.87. The van der Waals surface area contributed by atoms with E-state index in [0.29, 0.717) is 10.7 Å². The third-order valence-electron chi connectivity index (χ3n) is 2.90. The Morgan fingerprint density at radius 2 is 1.95 bits per heavy atom. The summed E-state index contributed by atoms with van der Waals surface area (Å²) in [4.78, 5) is 4.60. The van der Waals surface area contributed by atoms with E-state index in [0.717, 1.165) is 23.2 Å². The summed E-state index contributed by atoms with van der Waals surface area (Å²) in [6.07, 6.45) is 1.94. The molecule has 0 saturated heterocycles. The van der Waals surface area contributed by atoms with Crippen molar-refractivity contribution in [3.8, 4) is 11.1 Å². The number of pyridine rings is 1. The molecule has 5 heteroatoms. The van der Waals surface area contributed by atoms with Gasteiger partial charge in [0.15, 0.2) is 9.84 Å². The van der Waals surface area contributed by atoms with Gasteiger partial charge in [0.1, 0.15) is 5.82 Å². The lowest BCUT2D eigenvalue weighted by Crippen LogP contribution is -1.99. The predicted octanol–water partition coefficient (Wildman–Crippen LogP) is 2.30. The molecule has 1 aromatic carbocycles. The van der Waals surface area contributed by atoms with Gasteiger partial charge in [-0.05, 0) is 36.2 Å². The number of hydrogen-bond acceptors (Lipinski definition) is 4. The van der Waals surface area contributed by atoms with E-state index < -0.39 is 9.84 Å². The average Bonchev–Trinajstić information content (AvgIpc) is 2.37. The zero-order chi connectivity index (χ0) is 14.0. The summed E-state index contributed by atoms with van der Waals surface area (Å²) in [5, 5.41) is 0. The van der Waals surface area contributed by atoms with E-state index in [2.05, 4.69) is 4.98 Å². The highest BCUT2D eigenvalue weighted by molar-refractivity contribution is 7.90. The van der Waals surface area contributed by atoms with Crippen LogP contribution < -0.4 is 5.73 Å². The Morgan fingerprint density at radius 1 is 1.21 bits per heavy atom. The maximum absolute atomic E-state index is 11.6. The van der Waals surface area contributed by atoms with Gasteiger partial charge >= 0.3 is 0 Å². The van der Waals surface area contributed by atoms with Crippen molar-refractivity contribution in [1.29, 1.82) is 0 Å². The van der Waals surface area contributed by atoms with E-state index in [9.17, 15) is 8.42 Å². The molecule has 1 aromatic heterocycles. The Bertz CT molecular complexity index is 709. The molecular formula is C14H16N2O2S. The number of rotatable bonds is 3. The molecule has 1 heterocycles. The van der Waals surface area contributed by atoms with Crippen LogP contribution in [0.2, 0.25) is 0 Å². The number of nitrogen functional groups attached to an aromatic ring is 1. The Morgan fingerprint density at radius 3 is 2.58 bits per heavy atom. The summed E-state index contributed by atoms with van der Waals surface area (Å²) in [6.45, 7) is 1.99. The largest absolute Gasteiger partial charge is 0.384 e. The first-order chi connectivity index (χ1) is 8.91. The SMILES string of the molecule is CCc1nc(N)ccc1-c1cccc(S(C)(=O)=O)c1. The molecule has 0 aliphatic heterocycles. The molecule has 2 rings (SSSR count). The van der Waals surface area contributed by atoms with Crippen molar-refractivity contribution in [3.05, 3.63) is 42.1 Å². The summed E-state index contributed by atoms with van der Waals surface area (Å²) in [5.74, 6) is 0.472. The van der Waals surface area contributed by atoms with Crippen LogP contribution in [-0.4, -0.2) is 19.7 Å². The summed E-state index contributed by atoms with van der Waals surface area (Å²) < 4.78 is 23.2. The standard InChI is InChI=1S/C14H16N2O2S/c1-3-13-12(7-8-14(15)16-13)10-5-4-6-11(9-10)19(2,17)18/h4-9H,3H2,1-2H3,(H2,15,16). The molecule has 2 N–H and O–H groups in total. The maximum atomic E-state index is 11.6. The Labute approximate surface area is 113 Å². The van der Waals surface area contributed by atoms with Crippen molar-refractivity contribution in [2.45, 2.75) is 18.2 Å². The first kappa shape index (κ1) is 13.5. The molecule has 0 atom stereocenters. The van der Waals surface area contributed by atoms with E-state index in [1.165, 1.54) is 6.26 Å². The second kappa shape index (κ2) is 5.01. The van der Waals surface area contributed by atoms with Crippen molar-refractivity contribution in [2.24, 2.45) is 0 Å². The van der Waals surface area contributed by atoms with Crippen LogP contribution in [0.15, 0.2) is 41.3 Å². The number of nitrogens with two attached hydrogens (primary N) is 1. The Kier molecular flexibility index (Phi) is 3.57. The minimum Gasteiger partial charge on any atom is -0.384 e. The van der Waals surface area contributed by atoms with Crippen LogP contribution in [0.3, 0.4) is 0 Å². The van der Waals surface area contributed by atoms with Crippen LogP contribution in [0.25, 0.3) is 11.1 Å². The fourth-order valence-corrected chi connectivity index (χ4v) is 2.61. The lowest BCUT2D eigenvalue weighted by Gasteiger charge is -2.09. The smallest absolute Gasteiger partial charge is 0.175 e. The highest BCUT2D eigenvalue weighted by Crippen LogP contribution is 2.26. The van der Waals surface area contributed by atoms with Gasteiger partial charge in [-0.25, -0.2) is 13.4 Å². The van der Waals surface area contributed by atoms with Gasteiger partial charge in [0.2, 0.25) is 0 Å². The quantitative estimate of drug-likeness (QED) is 0.933. The fourth-order valence-electron chi connectivity index (χ4n) is 1.94. The molecule has 4 nitrogen and oxygen atoms in total. The molecule has 100 valence electrons. The predicted molar refractivity (Wildman–Crippen MR) is 76.6 cm³/mol. The van der Waals surface area contributed by atoms with Crippen molar-refractivity contribution in [3.63, 3.8) is 0 Å². The van der Waals surface area contributed by atoms with Crippen LogP contribution in [0, 0.1) is 0 Å². The van der Waals surface area contributed by atoms with Crippen LogP contribution >= 0.6 is 0 Å². The maximum Gasteiger partial charge on any atom is 0.175 e. The Hall–Kier alpha value is -1.88. The number of benzene rings is 1. The molecule has 19 heavy (non-hydrogen) atoms. The molecule has 0 bridgehead atoms. The second-order valence-corrected chi connectivity index (χ2v) is 6.40. The molecule has 0 amide bonds. The van der Waals surface area contributed by atoms with E-state index in [4.69, 9.17) is 5.73 Å². The normalized spacial score (nSPS) is 11.5. The lowest BCUT2D eigenvalue weighted by molar-refractivity contribution is 0.602. The molecule has 0 unspecified atom stereocenters. The van der Waals surface area contributed by atoms with Gasteiger partial charge in [0, 0.05) is 11.8 Å². The van der Waals surface area contributed by atoms with E-state index in [1.54, 1.807) is 24.3 Å². The molecular weight excluding hydrogens is 260 g/mol. The summed E-state index contributed by atoms with van der Waals surface area (Å²) in [5.41, 5.74) is 8.30. The summed E-state index contributed by atoms with van der Waals surface area (Å²) in [7, 11) is -3.21. The van der Waals surface area contributed by atoms with Gasteiger partial charge in [0.05, 0.1) is 10.6 Å². The number of nitrogens with zero attached hydrogens (tertiary/aromatic N) is 1. The highest BCUT2D eigenvalue weighted by atomic mass is 32.2. The van der Waals surface area contributed by atoms with Crippen molar-refractivity contribution < 1.29 is 8.42 Å². The van der Waals surface area contributed by atoms with Gasteiger partial charge in [-0.3, -0.25) is 0 Å². The molecule has 0 aliphatic rings. The molecule has 0 saturated carbocycles. The molecule has 0 radical (unpaired) electrons. The van der Waals surface area contributed by atoms with Crippen LogP contribution in [-0.2, 0) is 16.3 Å². The van der Waals surface area contributed by atoms with E-state index in [1.807, 2.05) is 19.1 Å². The van der Waals surface area contributed by atoms with Crippen LogP contribution in [0.4, 0.5) is 5.82 Å². The number of aryl methyl sites for hydroxylation is 1. The topological polar surface area (TPSA) is 73.0 Å². The van der Waals surface area contributed by atoms with Crippen molar-refractivity contribution >= 4 is 15.7 Å². The summed E-state index contributed by atoms with van der Waals surface area (Å²) >= 11 is 0. The van der Waals surface area contributed by atoms with E-state index >= 15 is 0 Å². The van der Waals surface area contributed by atoms with Gasteiger partial charge in [-0.15, -0.1) is 0 Å². The number of hydrogen-bond donors (Lipinski definition) is 1. The fraction of sp³-hybridized carbons (Fsp3) is 0.214. The third kappa shape index (κ3) is 2.93.